The summed E-state index contributed by atoms with van der Waals surface area (Å²) in [6.45, 7) is 2.47. The largest absolute Gasteiger partial charge is 0.485 e. The van der Waals surface area contributed by atoms with Crippen LogP contribution in [0.15, 0.2) is 21.1 Å². The molecule has 3 unspecified atom stereocenters. The molecule has 1 aliphatic carbocycles. The predicted molar refractivity (Wildman–Crippen MR) is 80.9 cm³/mol. The Bertz CT molecular complexity index is 503. The quantitative estimate of drug-likeness (QED) is 0.596. The van der Waals surface area contributed by atoms with Gasteiger partial charge in [0.15, 0.2) is 0 Å². The molecular weight excluding hydrogens is 396 g/mol. The number of benzene rings is 1. The maximum atomic E-state index is 10.8. The van der Waals surface area contributed by atoms with E-state index in [9.17, 15) is 10.1 Å². The van der Waals surface area contributed by atoms with Crippen LogP contribution < -0.4 is 10.5 Å². The highest BCUT2D eigenvalue weighted by Crippen LogP contribution is 2.40. The van der Waals surface area contributed by atoms with Crippen molar-refractivity contribution in [3.8, 4) is 5.75 Å². The monoisotopic (exact) mass is 408 g/mol. The molecule has 3 atom stereocenters. The zero-order chi connectivity index (χ0) is 14.9. The van der Waals surface area contributed by atoms with Gasteiger partial charge in [-0.05, 0) is 38.8 Å². The van der Waals surface area contributed by atoms with Crippen LogP contribution in [0, 0.1) is 10.1 Å². The Labute approximate surface area is 133 Å². The van der Waals surface area contributed by atoms with Gasteiger partial charge in [0.25, 0.3) is 5.69 Å². The Balaban J connectivity index is 2.16. The van der Waals surface area contributed by atoms with Crippen molar-refractivity contribution in [2.75, 3.05) is 6.61 Å². The molecule has 1 aromatic carbocycles. The van der Waals surface area contributed by atoms with Gasteiger partial charge in [0.2, 0.25) is 0 Å². The van der Waals surface area contributed by atoms with Crippen molar-refractivity contribution in [2.45, 2.75) is 31.6 Å². The first kappa shape index (κ1) is 15.7. The van der Waals surface area contributed by atoms with E-state index in [0.29, 0.717) is 27.7 Å². The number of rotatable bonds is 5. The summed E-state index contributed by atoms with van der Waals surface area (Å²) in [5.74, 6) is 0.525. The van der Waals surface area contributed by atoms with E-state index < -0.39 is 4.92 Å². The number of non-ortho nitro benzene ring substituents is 1. The minimum Gasteiger partial charge on any atom is -0.485 e. The first-order chi connectivity index (χ1) is 9.43. The van der Waals surface area contributed by atoms with E-state index in [4.69, 9.17) is 15.2 Å². The zero-order valence-corrected chi connectivity index (χ0v) is 13.9. The molecule has 0 heterocycles. The molecule has 20 heavy (non-hydrogen) atoms. The zero-order valence-electron chi connectivity index (χ0n) is 10.7. The summed E-state index contributed by atoms with van der Waals surface area (Å²) >= 11 is 6.58. The molecule has 0 aliphatic heterocycles. The number of hydrogen-bond donors (Lipinski definition) is 1. The smallest absolute Gasteiger partial charge is 0.271 e. The van der Waals surface area contributed by atoms with Crippen LogP contribution >= 0.6 is 31.9 Å². The van der Waals surface area contributed by atoms with E-state index in [0.717, 1.165) is 0 Å². The maximum Gasteiger partial charge on any atom is 0.271 e. The molecule has 8 heteroatoms. The normalized spacial score (nSPS) is 25.1. The fraction of sp³-hybridized carbons (Fsp3) is 0.500. The first-order valence-electron chi connectivity index (χ1n) is 6.11. The van der Waals surface area contributed by atoms with Gasteiger partial charge in [-0.25, -0.2) is 0 Å². The molecule has 1 aromatic rings. The van der Waals surface area contributed by atoms with Crippen molar-refractivity contribution < 1.29 is 14.4 Å². The van der Waals surface area contributed by atoms with E-state index >= 15 is 0 Å². The predicted octanol–water partition coefficient (Wildman–Crippen LogP) is 3.00. The van der Waals surface area contributed by atoms with E-state index in [1.54, 1.807) is 0 Å². The Morgan fingerprint density at radius 2 is 2.05 bits per heavy atom. The second-order valence-electron chi connectivity index (χ2n) is 4.47. The third kappa shape index (κ3) is 3.13. The summed E-state index contributed by atoms with van der Waals surface area (Å²) in [6.07, 6.45) is 0.411. The van der Waals surface area contributed by atoms with Crippen LogP contribution in [0.2, 0.25) is 0 Å². The highest BCUT2D eigenvalue weighted by Gasteiger charge is 2.42. The van der Waals surface area contributed by atoms with Crippen molar-refractivity contribution in [1.29, 1.82) is 0 Å². The molecule has 0 saturated heterocycles. The minimum absolute atomic E-state index is 0.0113. The third-order valence-corrected chi connectivity index (χ3v) is 4.29. The van der Waals surface area contributed by atoms with Gasteiger partial charge in [0.1, 0.15) is 18.0 Å². The topological polar surface area (TPSA) is 87.6 Å². The van der Waals surface area contributed by atoms with E-state index in [1.807, 2.05) is 6.92 Å². The lowest BCUT2D eigenvalue weighted by molar-refractivity contribution is -0.385. The van der Waals surface area contributed by atoms with Gasteiger partial charge < -0.3 is 15.2 Å². The molecule has 1 saturated carbocycles. The highest BCUT2D eigenvalue weighted by atomic mass is 79.9. The summed E-state index contributed by atoms with van der Waals surface area (Å²) in [5, 5.41) is 10.8. The molecule has 0 amide bonds. The van der Waals surface area contributed by atoms with Crippen LogP contribution in [-0.4, -0.2) is 29.8 Å². The number of hydrogen-bond acceptors (Lipinski definition) is 5. The third-order valence-electron chi connectivity index (χ3n) is 3.12. The Kier molecular flexibility index (Phi) is 5.00. The Morgan fingerprint density at radius 3 is 2.50 bits per heavy atom. The standard InChI is InChI=1S/C12H14Br2N2O4/c1-2-19-12-9(15)5-10(12)20-11-7(13)3-6(16(17)18)4-8(11)14/h3-4,9-10,12H,2,5,15H2,1H3. The number of nitrogens with two attached hydrogens (primary N) is 1. The molecule has 0 spiro atoms. The van der Waals surface area contributed by atoms with Crippen LogP contribution in [0.1, 0.15) is 13.3 Å². The van der Waals surface area contributed by atoms with Crippen molar-refractivity contribution in [1.82, 2.24) is 0 Å². The van der Waals surface area contributed by atoms with Crippen LogP contribution in [0.3, 0.4) is 0 Å². The van der Waals surface area contributed by atoms with Gasteiger partial charge in [0, 0.05) is 31.2 Å². The van der Waals surface area contributed by atoms with Crippen molar-refractivity contribution >= 4 is 37.5 Å². The Morgan fingerprint density at radius 1 is 1.45 bits per heavy atom. The van der Waals surface area contributed by atoms with Gasteiger partial charge in [-0.2, -0.15) is 0 Å². The molecule has 0 radical (unpaired) electrons. The number of halogens is 2. The SMILES string of the molecule is CCOC1C(N)CC1Oc1c(Br)cc([N+](=O)[O-])cc1Br. The fourth-order valence-electron chi connectivity index (χ4n) is 2.07. The highest BCUT2D eigenvalue weighted by molar-refractivity contribution is 9.11. The van der Waals surface area contributed by atoms with Crippen LogP contribution in [0.25, 0.3) is 0 Å². The number of nitrogens with zero attached hydrogens (tertiary/aromatic N) is 1. The lowest BCUT2D eigenvalue weighted by Crippen LogP contribution is -2.59. The summed E-state index contributed by atoms with van der Waals surface area (Å²) in [4.78, 5) is 10.3. The average molecular weight is 410 g/mol. The van der Waals surface area contributed by atoms with Crippen molar-refractivity contribution in [3.05, 3.63) is 31.2 Å². The fourth-order valence-corrected chi connectivity index (χ4v) is 3.42. The van der Waals surface area contributed by atoms with Gasteiger partial charge >= 0.3 is 0 Å². The van der Waals surface area contributed by atoms with Gasteiger partial charge in [-0.1, -0.05) is 0 Å². The molecule has 6 nitrogen and oxygen atoms in total. The summed E-state index contributed by atoms with van der Waals surface area (Å²) in [7, 11) is 0. The van der Waals surface area contributed by atoms with Crippen molar-refractivity contribution in [3.63, 3.8) is 0 Å². The second-order valence-corrected chi connectivity index (χ2v) is 6.18. The van der Waals surface area contributed by atoms with Crippen LogP contribution in [0.4, 0.5) is 5.69 Å². The summed E-state index contributed by atoms with van der Waals surface area (Å²) in [5.41, 5.74) is 5.86. The lowest BCUT2D eigenvalue weighted by atomic mass is 9.86. The van der Waals surface area contributed by atoms with Gasteiger partial charge in [-0.15, -0.1) is 0 Å². The second kappa shape index (κ2) is 6.38. The van der Waals surface area contributed by atoms with Crippen LogP contribution in [-0.2, 0) is 4.74 Å². The number of nitro benzene ring substituents is 1. The molecule has 110 valence electrons. The molecule has 0 bridgehead atoms. The lowest BCUT2D eigenvalue weighted by Gasteiger charge is -2.41. The molecule has 2 N–H and O–H groups in total. The van der Waals surface area contributed by atoms with E-state index in [2.05, 4.69) is 31.9 Å². The van der Waals surface area contributed by atoms with Gasteiger partial charge in [-0.3, -0.25) is 10.1 Å². The van der Waals surface area contributed by atoms with E-state index in [1.165, 1.54) is 12.1 Å². The molecule has 0 aromatic heterocycles. The molecule has 1 aliphatic rings. The van der Waals surface area contributed by atoms with Crippen LogP contribution in [0.5, 0.6) is 5.75 Å². The summed E-state index contributed by atoms with van der Waals surface area (Å²) < 4.78 is 12.4. The molecule has 1 fully saturated rings. The number of nitro groups is 1. The maximum absolute atomic E-state index is 10.8. The molecule has 2 rings (SSSR count). The average Bonchev–Trinajstić information content (AvgIpc) is 2.38. The molecular formula is C12H14Br2N2O4. The number of ether oxygens (including phenoxy) is 2. The van der Waals surface area contributed by atoms with E-state index in [-0.39, 0.29) is 23.9 Å². The Hall–Kier alpha value is -0.700. The minimum atomic E-state index is -0.457. The van der Waals surface area contributed by atoms with Gasteiger partial charge in [0.05, 0.1) is 13.9 Å². The summed E-state index contributed by atoms with van der Waals surface area (Å²) in [6, 6.07) is 2.79. The van der Waals surface area contributed by atoms with Crippen molar-refractivity contribution in [2.24, 2.45) is 5.73 Å². The first-order valence-corrected chi connectivity index (χ1v) is 7.70.